The van der Waals surface area contributed by atoms with Gasteiger partial charge in [-0.1, -0.05) is 12.1 Å². The smallest absolute Gasteiger partial charge is 0.130 e. The normalized spacial score (nSPS) is 21.8. The summed E-state index contributed by atoms with van der Waals surface area (Å²) < 4.78 is 11.6. The molecule has 98 valence electrons. The molecule has 0 aromatic heterocycles. The van der Waals surface area contributed by atoms with Crippen LogP contribution in [0.1, 0.15) is 32.3 Å². The van der Waals surface area contributed by atoms with Crippen LogP contribution in [0.15, 0.2) is 24.3 Å². The van der Waals surface area contributed by atoms with E-state index >= 15 is 0 Å². The lowest BCUT2D eigenvalue weighted by Crippen LogP contribution is -2.24. The van der Waals surface area contributed by atoms with Gasteiger partial charge in [-0.05, 0) is 38.8 Å². The van der Waals surface area contributed by atoms with Gasteiger partial charge in [-0.25, -0.2) is 0 Å². The van der Waals surface area contributed by atoms with E-state index in [2.05, 4.69) is 13.8 Å². The number of para-hydroxylation sites is 1. The Hall–Kier alpha value is -1.55. The van der Waals surface area contributed by atoms with Crippen molar-refractivity contribution in [1.29, 1.82) is 5.41 Å². The number of rotatable bonds is 4. The molecule has 2 rings (SSSR count). The number of nitrogens with one attached hydrogen (secondary N) is 1. The van der Waals surface area contributed by atoms with Gasteiger partial charge in [0.1, 0.15) is 18.2 Å². The molecular formula is C14H20N2O2. The van der Waals surface area contributed by atoms with E-state index in [1.807, 2.05) is 18.2 Å². The van der Waals surface area contributed by atoms with Gasteiger partial charge in [-0.15, -0.1) is 0 Å². The second kappa shape index (κ2) is 4.98. The highest BCUT2D eigenvalue weighted by atomic mass is 16.6. The molecule has 0 bridgehead atoms. The molecule has 0 saturated carbocycles. The van der Waals surface area contributed by atoms with Gasteiger partial charge in [0.2, 0.25) is 0 Å². The largest absolute Gasteiger partial charge is 0.490 e. The number of amidine groups is 1. The summed E-state index contributed by atoms with van der Waals surface area (Å²) in [5, 5.41) is 7.49. The van der Waals surface area contributed by atoms with Crippen LogP contribution in [0.4, 0.5) is 0 Å². The summed E-state index contributed by atoms with van der Waals surface area (Å²) in [7, 11) is 0. The number of hydrogen-bond acceptors (Lipinski definition) is 3. The Kier molecular flexibility index (Phi) is 3.57. The maximum absolute atomic E-state index is 7.49. The van der Waals surface area contributed by atoms with Gasteiger partial charge in [0.15, 0.2) is 0 Å². The lowest BCUT2D eigenvalue weighted by molar-refractivity contribution is -0.0326. The van der Waals surface area contributed by atoms with Crippen LogP contribution >= 0.6 is 0 Å². The molecular weight excluding hydrogens is 228 g/mol. The summed E-state index contributed by atoms with van der Waals surface area (Å²) in [4.78, 5) is 0. The van der Waals surface area contributed by atoms with Crippen LogP contribution in [0, 0.1) is 5.41 Å². The third kappa shape index (κ3) is 3.01. The minimum atomic E-state index is -0.0475. The summed E-state index contributed by atoms with van der Waals surface area (Å²) >= 11 is 0. The van der Waals surface area contributed by atoms with E-state index < -0.39 is 0 Å². The highest BCUT2D eigenvalue weighted by Crippen LogP contribution is 2.30. The van der Waals surface area contributed by atoms with E-state index in [4.69, 9.17) is 20.6 Å². The van der Waals surface area contributed by atoms with E-state index in [-0.39, 0.29) is 17.5 Å². The lowest BCUT2D eigenvalue weighted by Gasteiger charge is -2.20. The second-order valence-electron chi connectivity index (χ2n) is 5.26. The van der Waals surface area contributed by atoms with Crippen LogP contribution in [0.25, 0.3) is 0 Å². The second-order valence-corrected chi connectivity index (χ2v) is 5.26. The fourth-order valence-electron chi connectivity index (χ4n) is 2.19. The standard InChI is InChI=1S/C14H20N2O2/c1-14(2)8-7-10(18-14)9-17-12-6-4-3-5-11(12)13(15)16/h3-6,10H,7-9H2,1-2H3,(H3,15,16). The quantitative estimate of drug-likeness (QED) is 0.634. The lowest BCUT2D eigenvalue weighted by atomic mass is 10.1. The summed E-state index contributed by atoms with van der Waals surface area (Å²) in [6.07, 6.45) is 2.19. The van der Waals surface area contributed by atoms with Crippen molar-refractivity contribution in [3.63, 3.8) is 0 Å². The van der Waals surface area contributed by atoms with Gasteiger partial charge in [-0.2, -0.15) is 0 Å². The monoisotopic (exact) mass is 248 g/mol. The van der Waals surface area contributed by atoms with Crippen molar-refractivity contribution in [2.24, 2.45) is 5.73 Å². The Balaban J connectivity index is 1.97. The SMILES string of the molecule is CC1(C)CCC(COc2ccccc2C(=N)N)O1. The van der Waals surface area contributed by atoms with E-state index in [9.17, 15) is 0 Å². The highest BCUT2D eigenvalue weighted by molar-refractivity contribution is 5.97. The first kappa shape index (κ1) is 12.9. The van der Waals surface area contributed by atoms with Gasteiger partial charge < -0.3 is 15.2 Å². The molecule has 0 aliphatic carbocycles. The fraction of sp³-hybridized carbons (Fsp3) is 0.500. The molecule has 1 fully saturated rings. The van der Waals surface area contributed by atoms with Gasteiger partial charge in [0.25, 0.3) is 0 Å². The van der Waals surface area contributed by atoms with Crippen LogP contribution in [-0.2, 0) is 4.74 Å². The summed E-state index contributed by atoms with van der Waals surface area (Å²) in [5.74, 6) is 0.677. The average molecular weight is 248 g/mol. The molecule has 0 spiro atoms. The Morgan fingerprint density at radius 2 is 2.22 bits per heavy atom. The minimum absolute atomic E-state index is 0.0262. The third-order valence-corrected chi connectivity index (χ3v) is 3.16. The van der Waals surface area contributed by atoms with Gasteiger partial charge in [0.05, 0.1) is 17.3 Å². The first-order valence-electron chi connectivity index (χ1n) is 6.22. The van der Waals surface area contributed by atoms with Crippen molar-refractivity contribution in [2.75, 3.05) is 6.61 Å². The molecule has 1 heterocycles. The van der Waals surface area contributed by atoms with Crippen molar-refractivity contribution in [2.45, 2.75) is 38.4 Å². The molecule has 4 nitrogen and oxygen atoms in total. The van der Waals surface area contributed by atoms with E-state index in [0.29, 0.717) is 17.9 Å². The molecule has 1 atom stereocenters. The first-order chi connectivity index (χ1) is 8.48. The van der Waals surface area contributed by atoms with Crippen molar-refractivity contribution in [1.82, 2.24) is 0 Å². The van der Waals surface area contributed by atoms with Gasteiger partial charge >= 0.3 is 0 Å². The Morgan fingerprint density at radius 3 is 2.83 bits per heavy atom. The number of nitrogens with two attached hydrogens (primary N) is 1. The minimum Gasteiger partial charge on any atom is -0.490 e. The molecule has 1 aromatic carbocycles. The molecule has 3 N–H and O–H groups in total. The predicted molar refractivity (Wildman–Crippen MR) is 71.1 cm³/mol. The summed E-state index contributed by atoms with van der Waals surface area (Å²) in [5.41, 5.74) is 6.10. The van der Waals surface area contributed by atoms with E-state index in [1.54, 1.807) is 6.07 Å². The fourth-order valence-corrected chi connectivity index (χ4v) is 2.19. The molecule has 1 aliphatic rings. The van der Waals surface area contributed by atoms with Crippen LogP contribution in [0.3, 0.4) is 0 Å². The molecule has 1 aromatic rings. The van der Waals surface area contributed by atoms with E-state index in [1.165, 1.54) is 0 Å². The molecule has 1 saturated heterocycles. The van der Waals surface area contributed by atoms with Gasteiger partial charge in [-0.3, -0.25) is 5.41 Å². The summed E-state index contributed by atoms with van der Waals surface area (Å²) in [6, 6.07) is 7.34. The molecule has 4 heteroatoms. The summed E-state index contributed by atoms with van der Waals surface area (Å²) in [6.45, 7) is 4.70. The third-order valence-electron chi connectivity index (χ3n) is 3.16. The van der Waals surface area contributed by atoms with Crippen LogP contribution in [-0.4, -0.2) is 24.1 Å². The molecule has 1 unspecified atom stereocenters. The number of ether oxygens (including phenoxy) is 2. The zero-order valence-corrected chi connectivity index (χ0v) is 10.9. The van der Waals surface area contributed by atoms with Crippen molar-refractivity contribution in [3.8, 4) is 5.75 Å². The zero-order valence-electron chi connectivity index (χ0n) is 10.9. The maximum atomic E-state index is 7.49. The van der Waals surface area contributed by atoms with Crippen molar-refractivity contribution < 1.29 is 9.47 Å². The maximum Gasteiger partial charge on any atom is 0.130 e. The Labute approximate surface area is 108 Å². The van der Waals surface area contributed by atoms with Crippen LogP contribution < -0.4 is 10.5 Å². The predicted octanol–water partition coefficient (Wildman–Crippen LogP) is 2.31. The van der Waals surface area contributed by atoms with Crippen molar-refractivity contribution >= 4 is 5.84 Å². The first-order valence-corrected chi connectivity index (χ1v) is 6.22. The molecule has 1 aliphatic heterocycles. The van der Waals surface area contributed by atoms with Crippen LogP contribution in [0.2, 0.25) is 0 Å². The van der Waals surface area contributed by atoms with Crippen molar-refractivity contribution in [3.05, 3.63) is 29.8 Å². The molecule has 0 amide bonds. The van der Waals surface area contributed by atoms with Crippen LogP contribution in [0.5, 0.6) is 5.75 Å². The number of nitrogen functional groups attached to an aromatic ring is 1. The topological polar surface area (TPSA) is 68.3 Å². The molecule has 0 radical (unpaired) electrons. The number of benzene rings is 1. The Bertz CT molecular complexity index is 443. The number of hydrogen-bond donors (Lipinski definition) is 2. The Morgan fingerprint density at radius 1 is 1.50 bits per heavy atom. The van der Waals surface area contributed by atoms with E-state index in [0.717, 1.165) is 12.8 Å². The van der Waals surface area contributed by atoms with Gasteiger partial charge in [0, 0.05) is 0 Å². The molecule has 18 heavy (non-hydrogen) atoms. The average Bonchev–Trinajstić information content (AvgIpc) is 2.66. The zero-order chi connectivity index (χ0) is 13.2. The highest BCUT2D eigenvalue weighted by Gasteiger charge is 2.32.